The minimum Gasteiger partial charge on any atom is -0.490 e. The number of amides is 1. The molecule has 0 saturated heterocycles. The zero-order chi connectivity index (χ0) is 16.9. The summed E-state index contributed by atoms with van der Waals surface area (Å²) >= 11 is 0. The summed E-state index contributed by atoms with van der Waals surface area (Å²) in [7, 11) is 0. The second-order valence-electron chi connectivity index (χ2n) is 7.07. The molecule has 124 valence electrons. The van der Waals surface area contributed by atoms with E-state index in [4.69, 9.17) is 10.5 Å². The molecule has 0 aromatic heterocycles. The van der Waals surface area contributed by atoms with Crippen LogP contribution in [0.1, 0.15) is 52.2 Å². The van der Waals surface area contributed by atoms with Gasteiger partial charge in [0, 0.05) is 12.1 Å². The average Bonchev–Trinajstić information content (AvgIpc) is 2.35. The minimum atomic E-state index is -0.878. The van der Waals surface area contributed by atoms with Crippen molar-refractivity contribution in [1.29, 1.82) is 0 Å². The van der Waals surface area contributed by atoms with Gasteiger partial charge < -0.3 is 15.8 Å². The Labute approximate surface area is 134 Å². The van der Waals surface area contributed by atoms with Crippen molar-refractivity contribution < 1.29 is 9.53 Å². The van der Waals surface area contributed by atoms with Crippen LogP contribution in [0, 0.1) is 12.8 Å². The zero-order valence-electron chi connectivity index (χ0n) is 14.7. The highest BCUT2D eigenvalue weighted by Crippen LogP contribution is 2.23. The molecule has 1 unspecified atom stereocenters. The molecule has 0 fully saturated rings. The van der Waals surface area contributed by atoms with Crippen LogP contribution in [-0.4, -0.2) is 17.6 Å². The number of aryl methyl sites for hydroxylation is 1. The van der Waals surface area contributed by atoms with Gasteiger partial charge in [-0.3, -0.25) is 4.79 Å². The molecule has 0 aliphatic carbocycles. The maximum absolute atomic E-state index is 11.9. The van der Waals surface area contributed by atoms with Crippen LogP contribution in [0.25, 0.3) is 0 Å². The van der Waals surface area contributed by atoms with E-state index in [1.165, 1.54) is 0 Å². The predicted molar refractivity (Wildman–Crippen MR) is 90.8 cm³/mol. The predicted octanol–water partition coefficient (Wildman–Crippen LogP) is 3.16. The maximum atomic E-state index is 11.9. The van der Waals surface area contributed by atoms with Crippen molar-refractivity contribution in [2.75, 3.05) is 0 Å². The second-order valence-corrected chi connectivity index (χ2v) is 7.07. The molecule has 0 bridgehead atoms. The summed E-state index contributed by atoms with van der Waals surface area (Å²) in [5.74, 6) is 1.25. The Balaban J connectivity index is 2.80. The lowest BCUT2D eigenvalue weighted by molar-refractivity contribution is -0.125. The third-order valence-corrected chi connectivity index (χ3v) is 3.38. The van der Waals surface area contributed by atoms with Crippen LogP contribution in [0.5, 0.6) is 5.75 Å². The van der Waals surface area contributed by atoms with Gasteiger partial charge in [-0.1, -0.05) is 26.0 Å². The van der Waals surface area contributed by atoms with E-state index in [9.17, 15) is 4.79 Å². The lowest BCUT2D eigenvalue weighted by atomic mass is 10.1. The molecule has 1 rings (SSSR count). The Morgan fingerprint density at radius 1 is 1.32 bits per heavy atom. The highest BCUT2D eigenvalue weighted by atomic mass is 16.5. The summed E-state index contributed by atoms with van der Waals surface area (Å²) < 4.78 is 6.07. The Morgan fingerprint density at radius 3 is 2.50 bits per heavy atom. The summed E-state index contributed by atoms with van der Waals surface area (Å²) in [6.45, 7) is 12.3. The third-order valence-electron chi connectivity index (χ3n) is 3.38. The van der Waals surface area contributed by atoms with E-state index in [0.29, 0.717) is 12.5 Å². The molecule has 0 radical (unpaired) electrons. The van der Waals surface area contributed by atoms with Crippen molar-refractivity contribution >= 4 is 5.91 Å². The lowest BCUT2D eigenvalue weighted by Gasteiger charge is -2.21. The first kappa shape index (κ1) is 18.5. The molecule has 22 heavy (non-hydrogen) atoms. The number of rotatable bonds is 7. The first-order valence-electron chi connectivity index (χ1n) is 7.93. The number of nitrogens with one attached hydrogen (secondary N) is 1. The molecule has 0 spiro atoms. The number of carbonyl (C=O) groups excluding carboxylic acids is 1. The lowest BCUT2D eigenvalue weighted by Crippen LogP contribution is -2.48. The molecule has 0 aliphatic rings. The Bertz CT molecular complexity index is 504. The number of carbonyl (C=O) groups is 1. The summed E-state index contributed by atoms with van der Waals surface area (Å²) in [6, 6.07) is 6.04. The molecule has 1 amide bonds. The van der Waals surface area contributed by atoms with E-state index in [0.717, 1.165) is 23.3 Å². The monoisotopic (exact) mass is 306 g/mol. The van der Waals surface area contributed by atoms with Gasteiger partial charge in [-0.25, -0.2) is 0 Å². The van der Waals surface area contributed by atoms with Crippen LogP contribution >= 0.6 is 0 Å². The standard InChI is InChI=1S/C18H30N2O2/c1-12(2)9-14(4)22-16-10-13(3)7-8-15(16)11-20-17(21)18(5,6)19/h7-8,10,12,14H,9,11,19H2,1-6H3,(H,20,21). The molecule has 1 aromatic carbocycles. The maximum Gasteiger partial charge on any atom is 0.239 e. The molecule has 4 nitrogen and oxygen atoms in total. The summed E-state index contributed by atoms with van der Waals surface area (Å²) in [4.78, 5) is 11.9. The van der Waals surface area contributed by atoms with Crippen molar-refractivity contribution in [3.05, 3.63) is 29.3 Å². The fourth-order valence-electron chi connectivity index (χ4n) is 2.25. The highest BCUT2D eigenvalue weighted by Gasteiger charge is 2.21. The first-order valence-corrected chi connectivity index (χ1v) is 7.93. The van der Waals surface area contributed by atoms with Crippen molar-refractivity contribution in [1.82, 2.24) is 5.32 Å². The molecule has 1 aromatic rings. The topological polar surface area (TPSA) is 64.4 Å². The Hall–Kier alpha value is -1.55. The largest absolute Gasteiger partial charge is 0.490 e. The van der Waals surface area contributed by atoms with Crippen LogP contribution in [-0.2, 0) is 11.3 Å². The normalized spacial score (nSPS) is 13.1. The molecular weight excluding hydrogens is 276 g/mol. The van der Waals surface area contributed by atoms with Gasteiger partial charge in [0.15, 0.2) is 0 Å². The number of hydrogen-bond donors (Lipinski definition) is 2. The van der Waals surface area contributed by atoms with Gasteiger partial charge in [-0.05, 0) is 51.7 Å². The van der Waals surface area contributed by atoms with Crippen LogP contribution in [0.2, 0.25) is 0 Å². The van der Waals surface area contributed by atoms with Gasteiger partial charge in [0.2, 0.25) is 5.91 Å². The van der Waals surface area contributed by atoms with E-state index >= 15 is 0 Å². The van der Waals surface area contributed by atoms with Crippen molar-refractivity contribution in [3.63, 3.8) is 0 Å². The van der Waals surface area contributed by atoms with Crippen molar-refractivity contribution in [3.8, 4) is 5.75 Å². The van der Waals surface area contributed by atoms with Crippen LogP contribution in [0.3, 0.4) is 0 Å². The minimum absolute atomic E-state index is 0.141. The summed E-state index contributed by atoms with van der Waals surface area (Å²) in [5, 5.41) is 2.87. The molecule has 0 heterocycles. The third kappa shape index (κ3) is 6.06. The first-order chi connectivity index (χ1) is 10.1. The number of nitrogens with two attached hydrogens (primary N) is 1. The zero-order valence-corrected chi connectivity index (χ0v) is 14.7. The van der Waals surface area contributed by atoms with E-state index in [-0.39, 0.29) is 12.0 Å². The Kier molecular flexibility index (Phi) is 6.42. The number of hydrogen-bond acceptors (Lipinski definition) is 3. The second kappa shape index (κ2) is 7.63. The van der Waals surface area contributed by atoms with Crippen LogP contribution in [0.4, 0.5) is 0 Å². The highest BCUT2D eigenvalue weighted by molar-refractivity contribution is 5.85. The molecular formula is C18H30N2O2. The quantitative estimate of drug-likeness (QED) is 0.813. The van der Waals surface area contributed by atoms with Gasteiger partial charge >= 0.3 is 0 Å². The Morgan fingerprint density at radius 2 is 1.95 bits per heavy atom. The molecule has 0 saturated carbocycles. The van der Waals surface area contributed by atoms with E-state index in [1.54, 1.807) is 13.8 Å². The van der Waals surface area contributed by atoms with Gasteiger partial charge in [0.1, 0.15) is 5.75 Å². The van der Waals surface area contributed by atoms with E-state index < -0.39 is 5.54 Å². The van der Waals surface area contributed by atoms with Crippen LogP contribution < -0.4 is 15.8 Å². The van der Waals surface area contributed by atoms with E-state index in [1.807, 2.05) is 25.1 Å². The molecule has 0 aliphatic heterocycles. The van der Waals surface area contributed by atoms with Gasteiger partial charge in [-0.2, -0.15) is 0 Å². The summed E-state index contributed by atoms with van der Waals surface area (Å²) in [6.07, 6.45) is 1.14. The SMILES string of the molecule is Cc1ccc(CNC(=O)C(C)(C)N)c(OC(C)CC(C)C)c1. The van der Waals surface area contributed by atoms with Gasteiger partial charge in [0.05, 0.1) is 11.6 Å². The molecule has 3 N–H and O–H groups in total. The van der Waals surface area contributed by atoms with E-state index in [2.05, 4.69) is 26.1 Å². The molecule has 4 heteroatoms. The van der Waals surface area contributed by atoms with Crippen molar-refractivity contribution in [2.24, 2.45) is 11.7 Å². The molecule has 1 atom stereocenters. The number of benzene rings is 1. The number of ether oxygens (including phenoxy) is 1. The average molecular weight is 306 g/mol. The van der Waals surface area contributed by atoms with Crippen LogP contribution in [0.15, 0.2) is 18.2 Å². The van der Waals surface area contributed by atoms with Crippen molar-refractivity contribution in [2.45, 2.75) is 66.2 Å². The fraction of sp³-hybridized carbons (Fsp3) is 0.611. The smallest absolute Gasteiger partial charge is 0.239 e. The fourth-order valence-corrected chi connectivity index (χ4v) is 2.25. The van der Waals surface area contributed by atoms with Gasteiger partial charge in [0.25, 0.3) is 0 Å². The summed E-state index contributed by atoms with van der Waals surface area (Å²) in [5.41, 5.74) is 7.03. The van der Waals surface area contributed by atoms with Gasteiger partial charge in [-0.15, -0.1) is 0 Å².